The summed E-state index contributed by atoms with van der Waals surface area (Å²) in [6.07, 6.45) is 5.02. The lowest BCUT2D eigenvalue weighted by Gasteiger charge is -2.37. The van der Waals surface area contributed by atoms with Gasteiger partial charge in [-0.05, 0) is 38.7 Å². The van der Waals surface area contributed by atoms with Crippen LogP contribution in [-0.2, 0) is 0 Å². The molecule has 3 rings (SSSR count). The number of hydrogen-bond donors (Lipinski definition) is 1. The van der Waals surface area contributed by atoms with Crippen LogP contribution < -0.4 is 4.90 Å². The number of aromatic nitrogens is 3. The van der Waals surface area contributed by atoms with Gasteiger partial charge in [-0.2, -0.15) is 0 Å². The van der Waals surface area contributed by atoms with Crippen LogP contribution >= 0.6 is 0 Å². The fraction of sp³-hybridized carbons (Fsp3) is 0.438. The molecule has 2 aromatic rings. The first-order valence-electron chi connectivity index (χ1n) is 7.10. The molecule has 0 amide bonds. The van der Waals surface area contributed by atoms with Crippen LogP contribution in [0.1, 0.15) is 32.4 Å². The molecular formula is C16H18N4O. The summed E-state index contributed by atoms with van der Waals surface area (Å²) in [4.78, 5) is 15.2. The van der Waals surface area contributed by atoms with Gasteiger partial charge in [-0.1, -0.05) is 5.92 Å². The van der Waals surface area contributed by atoms with Crippen molar-refractivity contribution < 1.29 is 5.11 Å². The van der Waals surface area contributed by atoms with Crippen molar-refractivity contribution in [1.29, 1.82) is 0 Å². The van der Waals surface area contributed by atoms with Gasteiger partial charge in [-0.15, -0.1) is 0 Å². The number of rotatable bonds is 1. The fourth-order valence-corrected chi connectivity index (χ4v) is 2.84. The minimum absolute atomic E-state index is 0.563. The summed E-state index contributed by atoms with van der Waals surface area (Å²) in [7, 11) is 0. The monoisotopic (exact) mass is 282 g/mol. The Morgan fingerprint density at radius 3 is 2.95 bits per heavy atom. The van der Waals surface area contributed by atoms with Gasteiger partial charge in [-0.3, -0.25) is 0 Å². The molecule has 0 aromatic carbocycles. The molecule has 21 heavy (non-hydrogen) atoms. The van der Waals surface area contributed by atoms with Gasteiger partial charge in [0.2, 0.25) is 0 Å². The van der Waals surface area contributed by atoms with Crippen molar-refractivity contribution >= 4 is 16.7 Å². The molecule has 3 heterocycles. The number of anilines is 1. The number of pyridine rings is 1. The molecule has 1 saturated heterocycles. The molecule has 5 nitrogen and oxygen atoms in total. The van der Waals surface area contributed by atoms with Crippen LogP contribution in [0.3, 0.4) is 0 Å². The Morgan fingerprint density at radius 1 is 1.33 bits per heavy atom. The first kappa shape index (κ1) is 13.8. The Labute approximate surface area is 124 Å². The standard InChI is InChI=1S/C16H18N4O/c1-3-5-12-14-13(6-8-17-12)18-11-19-15(14)20-9-4-7-16(2,21)10-20/h6,8,11,21H,4,7,9-10H2,1-2H3. The van der Waals surface area contributed by atoms with E-state index in [2.05, 4.69) is 31.7 Å². The molecule has 108 valence electrons. The lowest BCUT2D eigenvalue weighted by Crippen LogP contribution is -2.46. The Balaban J connectivity index is 2.15. The largest absolute Gasteiger partial charge is 0.388 e. The Bertz CT molecular complexity index is 725. The lowest BCUT2D eigenvalue weighted by molar-refractivity contribution is 0.0448. The molecule has 1 unspecified atom stereocenters. The number of fused-ring (bicyclic) bond motifs is 1. The van der Waals surface area contributed by atoms with E-state index < -0.39 is 5.60 Å². The summed E-state index contributed by atoms with van der Waals surface area (Å²) < 4.78 is 0. The third-order valence-corrected chi connectivity index (χ3v) is 3.75. The Hall–Kier alpha value is -2.19. The zero-order chi connectivity index (χ0) is 14.9. The molecule has 1 atom stereocenters. The normalized spacial score (nSPS) is 22.0. The predicted molar refractivity (Wildman–Crippen MR) is 82.0 cm³/mol. The van der Waals surface area contributed by atoms with Crippen molar-refractivity contribution in [2.75, 3.05) is 18.0 Å². The molecule has 2 aromatic heterocycles. The quantitative estimate of drug-likeness (QED) is 0.807. The minimum Gasteiger partial charge on any atom is -0.388 e. The van der Waals surface area contributed by atoms with Crippen LogP contribution in [0, 0.1) is 11.8 Å². The van der Waals surface area contributed by atoms with Gasteiger partial charge < -0.3 is 10.0 Å². The zero-order valence-electron chi connectivity index (χ0n) is 12.3. The molecule has 1 fully saturated rings. The van der Waals surface area contributed by atoms with Crippen molar-refractivity contribution in [1.82, 2.24) is 15.0 Å². The van der Waals surface area contributed by atoms with Crippen molar-refractivity contribution in [3.8, 4) is 11.8 Å². The summed E-state index contributed by atoms with van der Waals surface area (Å²) in [6, 6.07) is 1.86. The van der Waals surface area contributed by atoms with E-state index in [0.717, 1.165) is 36.1 Å². The molecule has 1 aliphatic rings. The predicted octanol–water partition coefficient (Wildman–Crippen LogP) is 1.75. The molecule has 1 aliphatic heterocycles. The molecule has 5 heteroatoms. The highest BCUT2D eigenvalue weighted by molar-refractivity contribution is 5.93. The number of nitrogens with zero attached hydrogens (tertiary/aromatic N) is 4. The topological polar surface area (TPSA) is 62.1 Å². The van der Waals surface area contributed by atoms with Gasteiger partial charge in [0.1, 0.15) is 17.8 Å². The van der Waals surface area contributed by atoms with Crippen LogP contribution in [0.4, 0.5) is 5.82 Å². The van der Waals surface area contributed by atoms with Crippen molar-refractivity contribution in [2.24, 2.45) is 0 Å². The molecular weight excluding hydrogens is 264 g/mol. The van der Waals surface area contributed by atoms with Crippen LogP contribution in [0.5, 0.6) is 0 Å². The zero-order valence-corrected chi connectivity index (χ0v) is 12.3. The summed E-state index contributed by atoms with van der Waals surface area (Å²) in [5.41, 5.74) is 0.836. The Morgan fingerprint density at radius 2 is 2.19 bits per heavy atom. The number of piperidine rings is 1. The van der Waals surface area contributed by atoms with Gasteiger partial charge >= 0.3 is 0 Å². The molecule has 0 radical (unpaired) electrons. The third kappa shape index (κ3) is 2.67. The maximum absolute atomic E-state index is 10.3. The summed E-state index contributed by atoms with van der Waals surface area (Å²) >= 11 is 0. The Kier molecular flexibility index (Phi) is 3.48. The average Bonchev–Trinajstić information content (AvgIpc) is 2.46. The van der Waals surface area contributed by atoms with Crippen molar-refractivity contribution in [3.05, 3.63) is 24.3 Å². The average molecular weight is 282 g/mol. The van der Waals surface area contributed by atoms with E-state index in [0.29, 0.717) is 12.2 Å². The first-order chi connectivity index (χ1) is 10.1. The van der Waals surface area contributed by atoms with E-state index >= 15 is 0 Å². The van der Waals surface area contributed by atoms with Crippen LogP contribution in [0.25, 0.3) is 10.9 Å². The van der Waals surface area contributed by atoms with Gasteiger partial charge in [0, 0.05) is 19.3 Å². The van der Waals surface area contributed by atoms with Gasteiger partial charge in [0.05, 0.1) is 16.5 Å². The second-order valence-corrected chi connectivity index (χ2v) is 5.65. The lowest BCUT2D eigenvalue weighted by atomic mass is 9.95. The molecule has 0 aliphatic carbocycles. The summed E-state index contributed by atoms with van der Waals surface area (Å²) in [6.45, 7) is 5.09. The van der Waals surface area contributed by atoms with Gasteiger partial charge in [0.15, 0.2) is 0 Å². The van der Waals surface area contributed by atoms with E-state index in [1.807, 2.05) is 13.0 Å². The number of β-amino-alcohol motifs (C(OH)–C–C–N with tert-alkyl or cyclic N) is 1. The molecule has 0 bridgehead atoms. The number of hydrogen-bond acceptors (Lipinski definition) is 5. The third-order valence-electron chi connectivity index (χ3n) is 3.75. The molecule has 1 N–H and O–H groups in total. The second kappa shape index (κ2) is 5.30. The van der Waals surface area contributed by atoms with Crippen LogP contribution in [-0.4, -0.2) is 38.7 Å². The summed E-state index contributed by atoms with van der Waals surface area (Å²) in [5, 5.41) is 11.2. The maximum atomic E-state index is 10.3. The van der Waals surface area contributed by atoms with E-state index in [1.165, 1.54) is 0 Å². The summed E-state index contributed by atoms with van der Waals surface area (Å²) in [5.74, 6) is 6.72. The van der Waals surface area contributed by atoms with Crippen LogP contribution in [0.15, 0.2) is 18.6 Å². The van der Waals surface area contributed by atoms with E-state index in [9.17, 15) is 5.11 Å². The van der Waals surface area contributed by atoms with E-state index in [1.54, 1.807) is 19.4 Å². The first-order valence-corrected chi connectivity index (χ1v) is 7.10. The highest BCUT2D eigenvalue weighted by Gasteiger charge is 2.30. The number of aliphatic hydroxyl groups is 1. The van der Waals surface area contributed by atoms with Gasteiger partial charge in [-0.25, -0.2) is 15.0 Å². The van der Waals surface area contributed by atoms with E-state index in [4.69, 9.17) is 0 Å². The molecule has 0 spiro atoms. The van der Waals surface area contributed by atoms with Crippen molar-refractivity contribution in [2.45, 2.75) is 32.3 Å². The van der Waals surface area contributed by atoms with Crippen molar-refractivity contribution in [3.63, 3.8) is 0 Å². The molecule has 0 saturated carbocycles. The second-order valence-electron chi connectivity index (χ2n) is 5.65. The fourth-order valence-electron chi connectivity index (χ4n) is 2.84. The van der Waals surface area contributed by atoms with Gasteiger partial charge in [0.25, 0.3) is 0 Å². The highest BCUT2D eigenvalue weighted by atomic mass is 16.3. The SMILES string of the molecule is CC#Cc1nccc2ncnc(N3CCCC(C)(O)C3)c12. The van der Waals surface area contributed by atoms with Crippen LogP contribution in [0.2, 0.25) is 0 Å². The minimum atomic E-state index is -0.686. The van der Waals surface area contributed by atoms with E-state index in [-0.39, 0.29) is 0 Å². The maximum Gasteiger partial charge on any atom is 0.142 e. The smallest absolute Gasteiger partial charge is 0.142 e. The highest BCUT2D eigenvalue weighted by Crippen LogP contribution is 2.30.